The lowest BCUT2D eigenvalue weighted by Crippen LogP contribution is -2.58. The Kier molecular flexibility index (Phi) is 10.8. The SMILES string of the molecule is CCO[C@@H]1O[C@H](COCc2ccccc2)[C@@H](OCc2ccccc2)[C@H](OCc2ccccc2)[C@H]1CC=O. The first-order valence-electron chi connectivity index (χ1n) is 12.9. The van der Waals surface area contributed by atoms with Crippen molar-refractivity contribution < 1.29 is 28.5 Å². The molecule has 196 valence electrons. The van der Waals surface area contributed by atoms with Crippen molar-refractivity contribution in [3.8, 4) is 0 Å². The van der Waals surface area contributed by atoms with E-state index < -0.39 is 24.6 Å². The van der Waals surface area contributed by atoms with Crippen LogP contribution in [0.15, 0.2) is 91.0 Å². The van der Waals surface area contributed by atoms with Crippen LogP contribution in [0.25, 0.3) is 0 Å². The van der Waals surface area contributed by atoms with Crippen LogP contribution in [0.3, 0.4) is 0 Å². The topological polar surface area (TPSA) is 63.2 Å². The number of rotatable bonds is 14. The van der Waals surface area contributed by atoms with Crippen LogP contribution in [0.1, 0.15) is 30.0 Å². The van der Waals surface area contributed by atoms with Gasteiger partial charge >= 0.3 is 0 Å². The molecule has 6 nitrogen and oxygen atoms in total. The Morgan fingerprint density at radius 2 is 1.22 bits per heavy atom. The van der Waals surface area contributed by atoms with Crippen molar-refractivity contribution in [2.45, 2.75) is 57.8 Å². The van der Waals surface area contributed by atoms with Gasteiger partial charge in [-0.25, -0.2) is 0 Å². The van der Waals surface area contributed by atoms with E-state index in [0.717, 1.165) is 23.0 Å². The monoisotopic (exact) mass is 504 g/mol. The lowest BCUT2D eigenvalue weighted by atomic mass is 9.88. The zero-order valence-electron chi connectivity index (χ0n) is 21.3. The standard InChI is InChI=1S/C31H36O6/c1-2-34-31-27(18-19-32)29(35-21-25-14-8-4-9-15-25)30(36-22-26-16-10-5-11-17-26)28(37-31)23-33-20-24-12-6-3-7-13-24/h3-17,19,27-31H,2,18,20-23H2,1H3/t27-,28-,29-,30-,31-/m1/s1. The Bertz CT molecular complexity index is 1030. The van der Waals surface area contributed by atoms with Crippen LogP contribution in [0.5, 0.6) is 0 Å². The molecule has 4 rings (SSSR count). The van der Waals surface area contributed by atoms with Gasteiger partial charge in [0.15, 0.2) is 6.29 Å². The highest BCUT2D eigenvalue weighted by atomic mass is 16.7. The van der Waals surface area contributed by atoms with Gasteiger partial charge in [-0.3, -0.25) is 0 Å². The summed E-state index contributed by atoms with van der Waals surface area (Å²) in [6.45, 7) is 3.92. The molecule has 0 saturated carbocycles. The van der Waals surface area contributed by atoms with E-state index in [9.17, 15) is 4.79 Å². The molecule has 3 aromatic carbocycles. The number of benzene rings is 3. The first kappa shape index (κ1) is 27.2. The van der Waals surface area contributed by atoms with Gasteiger partial charge in [-0.15, -0.1) is 0 Å². The summed E-state index contributed by atoms with van der Waals surface area (Å²) < 4.78 is 31.4. The van der Waals surface area contributed by atoms with Crippen LogP contribution in [0, 0.1) is 5.92 Å². The zero-order chi connectivity index (χ0) is 25.7. The summed E-state index contributed by atoms with van der Waals surface area (Å²) in [6, 6.07) is 30.0. The van der Waals surface area contributed by atoms with Crippen LogP contribution in [-0.2, 0) is 48.3 Å². The minimum absolute atomic E-state index is 0.243. The average molecular weight is 505 g/mol. The van der Waals surface area contributed by atoms with Gasteiger partial charge in [-0.05, 0) is 23.6 Å². The van der Waals surface area contributed by atoms with Gasteiger partial charge in [0.05, 0.1) is 32.5 Å². The minimum Gasteiger partial charge on any atom is -0.374 e. The lowest BCUT2D eigenvalue weighted by molar-refractivity contribution is -0.304. The largest absolute Gasteiger partial charge is 0.374 e. The highest BCUT2D eigenvalue weighted by Crippen LogP contribution is 2.34. The summed E-state index contributed by atoms with van der Waals surface area (Å²) in [4.78, 5) is 11.7. The normalized spacial score (nSPS) is 23.5. The van der Waals surface area contributed by atoms with Gasteiger partial charge in [0, 0.05) is 18.9 Å². The van der Waals surface area contributed by atoms with E-state index in [1.807, 2.05) is 97.9 Å². The smallest absolute Gasteiger partial charge is 0.163 e. The first-order chi connectivity index (χ1) is 18.3. The Morgan fingerprint density at radius 1 is 0.703 bits per heavy atom. The van der Waals surface area contributed by atoms with Gasteiger partial charge in [0.1, 0.15) is 18.5 Å². The van der Waals surface area contributed by atoms with E-state index in [0.29, 0.717) is 33.0 Å². The molecule has 3 aromatic rings. The molecule has 0 aliphatic carbocycles. The highest BCUT2D eigenvalue weighted by Gasteiger charge is 2.47. The third-order valence-corrected chi connectivity index (χ3v) is 6.43. The Morgan fingerprint density at radius 3 is 1.73 bits per heavy atom. The molecule has 37 heavy (non-hydrogen) atoms. The summed E-state index contributed by atoms with van der Waals surface area (Å²) in [6.07, 6.45) is -0.775. The Labute approximate surface area is 219 Å². The third kappa shape index (κ3) is 8.06. The fourth-order valence-electron chi connectivity index (χ4n) is 4.60. The number of carbonyl (C=O) groups excluding carboxylic acids is 1. The fourth-order valence-corrected chi connectivity index (χ4v) is 4.60. The van der Waals surface area contributed by atoms with Crippen molar-refractivity contribution >= 4 is 6.29 Å². The molecule has 0 spiro atoms. The van der Waals surface area contributed by atoms with E-state index in [-0.39, 0.29) is 12.3 Å². The van der Waals surface area contributed by atoms with Gasteiger partial charge in [0.25, 0.3) is 0 Å². The molecule has 0 aromatic heterocycles. The van der Waals surface area contributed by atoms with Crippen molar-refractivity contribution in [3.05, 3.63) is 108 Å². The second kappa shape index (κ2) is 14.8. The molecule has 1 saturated heterocycles. The predicted octanol–water partition coefficient (Wildman–Crippen LogP) is 5.34. The molecule has 0 N–H and O–H groups in total. The highest BCUT2D eigenvalue weighted by molar-refractivity contribution is 5.50. The number of aldehydes is 1. The molecular weight excluding hydrogens is 468 g/mol. The van der Waals surface area contributed by atoms with Crippen molar-refractivity contribution in [2.24, 2.45) is 5.92 Å². The summed E-state index contributed by atoms with van der Waals surface area (Å²) in [5, 5.41) is 0. The van der Waals surface area contributed by atoms with Gasteiger partial charge in [-0.1, -0.05) is 91.0 Å². The number of ether oxygens (including phenoxy) is 5. The Hall–Kier alpha value is -2.87. The predicted molar refractivity (Wildman–Crippen MR) is 141 cm³/mol. The van der Waals surface area contributed by atoms with Crippen molar-refractivity contribution in [1.82, 2.24) is 0 Å². The van der Waals surface area contributed by atoms with Crippen LogP contribution >= 0.6 is 0 Å². The summed E-state index contributed by atoms with van der Waals surface area (Å²) in [7, 11) is 0. The first-order valence-corrected chi connectivity index (χ1v) is 12.9. The molecule has 6 heteroatoms. The quantitative estimate of drug-likeness (QED) is 0.276. The maximum atomic E-state index is 11.7. The second-order valence-corrected chi connectivity index (χ2v) is 9.09. The maximum absolute atomic E-state index is 11.7. The molecule has 1 fully saturated rings. The summed E-state index contributed by atoms with van der Waals surface area (Å²) in [5.74, 6) is -0.313. The lowest BCUT2D eigenvalue weighted by Gasteiger charge is -2.45. The van der Waals surface area contributed by atoms with E-state index >= 15 is 0 Å². The van der Waals surface area contributed by atoms with Gasteiger partial charge in [0.2, 0.25) is 0 Å². The number of hydrogen-bond acceptors (Lipinski definition) is 6. The zero-order valence-corrected chi connectivity index (χ0v) is 21.3. The minimum atomic E-state index is -0.599. The van der Waals surface area contributed by atoms with E-state index in [1.54, 1.807) is 0 Å². The summed E-state index contributed by atoms with van der Waals surface area (Å²) >= 11 is 0. The fraction of sp³-hybridized carbons (Fsp3) is 0.387. The molecule has 0 amide bonds. The molecular formula is C31H36O6. The third-order valence-electron chi connectivity index (χ3n) is 6.43. The van der Waals surface area contributed by atoms with Crippen LogP contribution in [-0.4, -0.2) is 44.1 Å². The van der Waals surface area contributed by atoms with E-state index in [2.05, 4.69) is 0 Å². The Balaban J connectivity index is 1.56. The molecule has 5 atom stereocenters. The number of carbonyl (C=O) groups is 1. The van der Waals surface area contributed by atoms with Gasteiger partial charge in [-0.2, -0.15) is 0 Å². The molecule has 0 radical (unpaired) electrons. The summed E-state index contributed by atoms with van der Waals surface area (Å²) in [5.41, 5.74) is 3.18. The number of hydrogen-bond donors (Lipinski definition) is 0. The molecule has 0 unspecified atom stereocenters. The second-order valence-electron chi connectivity index (χ2n) is 9.09. The van der Waals surface area contributed by atoms with Crippen molar-refractivity contribution in [2.75, 3.05) is 13.2 Å². The van der Waals surface area contributed by atoms with Crippen molar-refractivity contribution in [1.29, 1.82) is 0 Å². The average Bonchev–Trinajstić information content (AvgIpc) is 2.94. The van der Waals surface area contributed by atoms with Gasteiger partial charge < -0.3 is 28.5 Å². The molecule has 1 heterocycles. The molecule has 1 aliphatic rings. The van der Waals surface area contributed by atoms with E-state index in [4.69, 9.17) is 23.7 Å². The van der Waals surface area contributed by atoms with Crippen LogP contribution in [0.2, 0.25) is 0 Å². The van der Waals surface area contributed by atoms with E-state index in [1.165, 1.54) is 0 Å². The maximum Gasteiger partial charge on any atom is 0.163 e. The molecule has 1 aliphatic heterocycles. The van der Waals surface area contributed by atoms with Crippen molar-refractivity contribution in [3.63, 3.8) is 0 Å². The van der Waals surface area contributed by atoms with Crippen LogP contribution < -0.4 is 0 Å². The van der Waals surface area contributed by atoms with Crippen LogP contribution in [0.4, 0.5) is 0 Å². The molecule has 0 bridgehead atoms.